The number of benzene rings is 1. The first-order valence-corrected chi connectivity index (χ1v) is 5.70. The Labute approximate surface area is 97.9 Å². The fourth-order valence-corrected chi connectivity index (χ4v) is 2.47. The zero-order valence-electron chi connectivity index (χ0n) is 8.84. The van der Waals surface area contributed by atoms with Gasteiger partial charge in [0.2, 0.25) is 0 Å². The minimum Gasteiger partial charge on any atom is -0.348 e. The number of H-pyrrole nitrogens is 1. The average molecular weight is 265 g/mol. The summed E-state index contributed by atoms with van der Waals surface area (Å²) in [6.07, 6.45) is 4.52. The fraction of sp³-hybridized carbons (Fsp3) is 0.250. The summed E-state index contributed by atoms with van der Waals surface area (Å²) in [6, 6.07) is 4.29. The summed E-state index contributed by atoms with van der Waals surface area (Å²) in [6.45, 7) is 4.27. The van der Waals surface area contributed by atoms with Crippen LogP contribution in [0.3, 0.4) is 0 Å². The Bertz CT molecular complexity index is 437. The molecular weight excluding hydrogens is 252 g/mol. The van der Waals surface area contributed by atoms with E-state index < -0.39 is 0 Å². The minimum absolute atomic E-state index is 0.873. The van der Waals surface area contributed by atoms with Crippen molar-refractivity contribution in [3.63, 3.8) is 0 Å². The van der Waals surface area contributed by atoms with E-state index >= 15 is 0 Å². The number of halogens is 1. The summed E-state index contributed by atoms with van der Waals surface area (Å²) in [4.78, 5) is 7.38. The lowest BCUT2D eigenvalue weighted by Crippen LogP contribution is -1.97. The third-order valence-electron chi connectivity index (χ3n) is 2.56. The van der Waals surface area contributed by atoms with E-state index in [9.17, 15) is 0 Å². The second kappa shape index (κ2) is 4.19. The van der Waals surface area contributed by atoms with Crippen LogP contribution in [0.4, 0.5) is 0 Å². The molecule has 78 valence electrons. The normalized spacial score (nSPS) is 10.6. The Balaban J connectivity index is 2.36. The predicted molar refractivity (Wildman–Crippen MR) is 65.0 cm³/mol. The van der Waals surface area contributed by atoms with Crippen LogP contribution in [-0.2, 0) is 6.42 Å². The molecule has 2 rings (SSSR count). The van der Waals surface area contributed by atoms with Gasteiger partial charge in [0.25, 0.3) is 0 Å². The van der Waals surface area contributed by atoms with Crippen molar-refractivity contribution in [1.82, 2.24) is 9.97 Å². The molecule has 0 spiro atoms. The van der Waals surface area contributed by atoms with E-state index in [4.69, 9.17) is 0 Å². The maximum absolute atomic E-state index is 4.25. The SMILES string of the molecule is Cc1cc(Br)cc(C)c1Cc1ncc[nH]1. The first kappa shape index (κ1) is 10.4. The third-order valence-corrected chi connectivity index (χ3v) is 3.02. The van der Waals surface area contributed by atoms with E-state index in [1.165, 1.54) is 16.7 Å². The Morgan fingerprint density at radius 2 is 1.93 bits per heavy atom. The van der Waals surface area contributed by atoms with Gasteiger partial charge in [-0.2, -0.15) is 0 Å². The van der Waals surface area contributed by atoms with Gasteiger partial charge in [-0.25, -0.2) is 4.98 Å². The van der Waals surface area contributed by atoms with Gasteiger partial charge in [-0.15, -0.1) is 0 Å². The van der Waals surface area contributed by atoms with E-state index in [2.05, 4.69) is 51.9 Å². The van der Waals surface area contributed by atoms with Gasteiger partial charge in [-0.3, -0.25) is 0 Å². The summed E-state index contributed by atoms with van der Waals surface area (Å²) < 4.78 is 1.14. The third kappa shape index (κ3) is 2.29. The Morgan fingerprint density at radius 1 is 1.27 bits per heavy atom. The van der Waals surface area contributed by atoms with Crippen LogP contribution in [0.5, 0.6) is 0 Å². The lowest BCUT2D eigenvalue weighted by atomic mass is 10.00. The van der Waals surface area contributed by atoms with Crippen molar-refractivity contribution in [3.05, 3.63) is 51.5 Å². The molecule has 0 unspecified atom stereocenters. The van der Waals surface area contributed by atoms with Gasteiger partial charge in [0.05, 0.1) is 0 Å². The van der Waals surface area contributed by atoms with Crippen molar-refractivity contribution in [3.8, 4) is 0 Å². The highest BCUT2D eigenvalue weighted by atomic mass is 79.9. The highest BCUT2D eigenvalue weighted by molar-refractivity contribution is 9.10. The van der Waals surface area contributed by atoms with Gasteiger partial charge in [-0.1, -0.05) is 15.9 Å². The molecule has 0 radical (unpaired) electrons. The smallest absolute Gasteiger partial charge is 0.110 e. The van der Waals surface area contributed by atoms with E-state index in [1.807, 2.05) is 6.20 Å². The average Bonchev–Trinajstić information content (AvgIpc) is 2.63. The number of nitrogens with one attached hydrogen (secondary N) is 1. The number of aromatic amines is 1. The van der Waals surface area contributed by atoms with Crippen LogP contribution < -0.4 is 0 Å². The molecule has 0 atom stereocenters. The van der Waals surface area contributed by atoms with E-state index in [0.717, 1.165) is 16.7 Å². The first-order valence-electron chi connectivity index (χ1n) is 4.90. The molecule has 0 aliphatic heterocycles. The molecule has 0 amide bonds. The van der Waals surface area contributed by atoms with Gasteiger partial charge in [0, 0.05) is 23.3 Å². The molecule has 0 aliphatic rings. The second-order valence-corrected chi connectivity index (χ2v) is 4.65. The molecule has 0 saturated carbocycles. The summed E-state index contributed by atoms with van der Waals surface area (Å²) in [5, 5.41) is 0. The first-order chi connectivity index (χ1) is 7.16. The summed E-state index contributed by atoms with van der Waals surface area (Å²) >= 11 is 3.50. The molecule has 1 aromatic carbocycles. The molecule has 0 saturated heterocycles. The zero-order chi connectivity index (χ0) is 10.8. The van der Waals surface area contributed by atoms with Gasteiger partial charge in [-0.05, 0) is 42.7 Å². The lowest BCUT2D eigenvalue weighted by molar-refractivity contribution is 1.000. The minimum atomic E-state index is 0.873. The molecule has 1 N–H and O–H groups in total. The molecule has 2 aromatic rings. The van der Waals surface area contributed by atoms with Gasteiger partial charge in [0.1, 0.15) is 5.82 Å². The second-order valence-electron chi connectivity index (χ2n) is 3.73. The molecular formula is C12H13BrN2. The van der Waals surface area contributed by atoms with Crippen molar-refractivity contribution in [1.29, 1.82) is 0 Å². The standard InChI is InChI=1S/C12H13BrN2/c1-8-5-10(13)6-9(2)11(8)7-12-14-3-4-15-12/h3-6H,7H2,1-2H3,(H,14,15). The zero-order valence-corrected chi connectivity index (χ0v) is 10.4. The van der Waals surface area contributed by atoms with Crippen molar-refractivity contribution in [2.75, 3.05) is 0 Å². The van der Waals surface area contributed by atoms with E-state index in [0.29, 0.717) is 0 Å². The molecule has 0 fully saturated rings. The molecule has 1 aromatic heterocycles. The molecule has 0 bridgehead atoms. The number of aromatic nitrogens is 2. The number of hydrogen-bond acceptors (Lipinski definition) is 1. The fourth-order valence-electron chi connectivity index (χ4n) is 1.78. The number of nitrogens with zero attached hydrogens (tertiary/aromatic N) is 1. The van der Waals surface area contributed by atoms with Crippen LogP contribution >= 0.6 is 15.9 Å². The van der Waals surface area contributed by atoms with Crippen LogP contribution in [-0.4, -0.2) is 9.97 Å². The summed E-state index contributed by atoms with van der Waals surface area (Å²) in [7, 11) is 0. The number of imidazole rings is 1. The van der Waals surface area contributed by atoms with Crippen molar-refractivity contribution >= 4 is 15.9 Å². The van der Waals surface area contributed by atoms with E-state index in [1.54, 1.807) is 6.20 Å². The summed E-state index contributed by atoms with van der Waals surface area (Å²) in [5.41, 5.74) is 3.96. The van der Waals surface area contributed by atoms with Crippen LogP contribution in [0.15, 0.2) is 29.0 Å². The van der Waals surface area contributed by atoms with E-state index in [-0.39, 0.29) is 0 Å². The van der Waals surface area contributed by atoms with Crippen LogP contribution in [0.1, 0.15) is 22.5 Å². The number of aryl methyl sites for hydroxylation is 2. The largest absolute Gasteiger partial charge is 0.348 e. The molecule has 2 nitrogen and oxygen atoms in total. The quantitative estimate of drug-likeness (QED) is 0.885. The van der Waals surface area contributed by atoms with Crippen molar-refractivity contribution < 1.29 is 0 Å². The molecule has 0 aliphatic carbocycles. The molecule has 1 heterocycles. The Morgan fingerprint density at radius 3 is 2.47 bits per heavy atom. The van der Waals surface area contributed by atoms with Gasteiger partial charge >= 0.3 is 0 Å². The molecule has 3 heteroatoms. The monoisotopic (exact) mass is 264 g/mol. The molecule has 15 heavy (non-hydrogen) atoms. The van der Waals surface area contributed by atoms with Crippen LogP contribution in [0, 0.1) is 13.8 Å². The summed E-state index contributed by atoms with van der Waals surface area (Å²) in [5.74, 6) is 1.02. The highest BCUT2D eigenvalue weighted by Gasteiger charge is 2.06. The Kier molecular flexibility index (Phi) is 2.91. The topological polar surface area (TPSA) is 28.7 Å². The maximum Gasteiger partial charge on any atom is 0.110 e. The number of hydrogen-bond donors (Lipinski definition) is 1. The lowest BCUT2D eigenvalue weighted by Gasteiger charge is -2.09. The van der Waals surface area contributed by atoms with Gasteiger partial charge < -0.3 is 4.98 Å². The number of rotatable bonds is 2. The van der Waals surface area contributed by atoms with Crippen molar-refractivity contribution in [2.24, 2.45) is 0 Å². The maximum atomic E-state index is 4.25. The predicted octanol–water partition coefficient (Wildman–Crippen LogP) is 3.38. The van der Waals surface area contributed by atoms with Crippen LogP contribution in [0.25, 0.3) is 0 Å². The highest BCUT2D eigenvalue weighted by Crippen LogP contribution is 2.22. The Hall–Kier alpha value is -1.09. The van der Waals surface area contributed by atoms with Crippen LogP contribution in [0.2, 0.25) is 0 Å². The van der Waals surface area contributed by atoms with Crippen molar-refractivity contribution in [2.45, 2.75) is 20.3 Å². The van der Waals surface area contributed by atoms with Gasteiger partial charge in [0.15, 0.2) is 0 Å².